The van der Waals surface area contributed by atoms with Crippen LogP contribution >= 0.6 is 0 Å². The van der Waals surface area contributed by atoms with E-state index < -0.39 is 5.91 Å². The van der Waals surface area contributed by atoms with Gasteiger partial charge in [0.15, 0.2) is 0 Å². The van der Waals surface area contributed by atoms with E-state index in [0.29, 0.717) is 6.61 Å². The Morgan fingerprint density at radius 2 is 2.55 bits per heavy atom. The summed E-state index contributed by atoms with van der Waals surface area (Å²) in [5.74, 6) is -0.431. The molecule has 1 heterocycles. The first-order valence-corrected chi connectivity index (χ1v) is 3.59. The smallest absolute Gasteiger partial charge is 0.241 e. The number of carbonyl (C=O) groups excluding carboxylic acids is 1. The number of hydrogen-bond acceptors (Lipinski definition) is 3. The molecule has 4 heteroatoms. The van der Waals surface area contributed by atoms with Crippen LogP contribution in [0.5, 0.6) is 0 Å². The molecule has 0 bridgehead atoms. The largest absolute Gasteiger partial charge is 0.371 e. The van der Waals surface area contributed by atoms with Crippen molar-refractivity contribution in [2.24, 2.45) is 5.73 Å². The number of carbonyl (C=O) groups is 1. The van der Waals surface area contributed by atoms with Crippen molar-refractivity contribution in [3.63, 3.8) is 0 Å². The Labute approximate surface area is 65.4 Å². The molecule has 1 aliphatic rings. The van der Waals surface area contributed by atoms with E-state index in [4.69, 9.17) is 10.5 Å². The Morgan fingerprint density at radius 3 is 3.09 bits per heavy atom. The molecule has 3 N–H and O–H groups in total. The monoisotopic (exact) mass is 156 g/mol. The van der Waals surface area contributed by atoms with Crippen LogP contribution in [0.3, 0.4) is 0 Å². The first kappa shape index (κ1) is 8.23. The standard InChI is InChI=1S/C7H12N2O2/c8-7(10)2-1-6-5-9-3-4-11-6/h1-2,6,9H,3-5H2,(H2,8,10). The number of nitrogens with two attached hydrogens (primary N) is 1. The first-order chi connectivity index (χ1) is 5.29. The van der Waals surface area contributed by atoms with Crippen molar-refractivity contribution in [1.29, 1.82) is 0 Å². The molecule has 11 heavy (non-hydrogen) atoms. The Hall–Kier alpha value is -0.870. The highest BCUT2D eigenvalue weighted by atomic mass is 16.5. The summed E-state index contributed by atoms with van der Waals surface area (Å²) in [6.07, 6.45) is 3.00. The number of amides is 1. The number of hydrogen-bond donors (Lipinski definition) is 2. The maximum absolute atomic E-state index is 10.3. The second kappa shape index (κ2) is 4.10. The molecule has 62 valence electrons. The van der Waals surface area contributed by atoms with E-state index in [1.165, 1.54) is 6.08 Å². The molecule has 0 saturated carbocycles. The molecule has 1 unspecified atom stereocenters. The van der Waals surface area contributed by atoms with Crippen LogP contribution < -0.4 is 11.1 Å². The van der Waals surface area contributed by atoms with Crippen LogP contribution in [0.4, 0.5) is 0 Å². The van der Waals surface area contributed by atoms with Gasteiger partial charge in [0.2, 0.25) is 5.91 Å². The molecule has 0 aromatic rings. The molecule has 1 atom stereocenters. The Bertz CT molecular complexity index is 162. The normalized spacial score (nSPS) is 25.6. The number of primary amides is 1. The lowest BCUT2D eigenvalue weighted by molar-refractivity contribution is -0.113. The predicted octanol–water partition coefficient (Wildman–Crippen LogP) is -0.984. The van der Waals surface area contributed by atoms with Gasteiger partial charge < -0.3 is 15.8 Å². The van der Waals surface area contributed by atoms with Gasteiger partial charge in [-0.1, -0.05) is 0 Å². The van der Waals surface area contributed by atoms with Crippen molar-refractivity contribution >= 4 is 5.91 Å². The van der Waals surface area contributed by atoms with Gasteiger partial charge >= 0.3 is 0 Å². The maximum atomic E-state index is 10.3. The van der Waals surface area contributed by atoms with Crippen molar-refractivity contribution in [3.05, 3.63) is 12.2 Å². The maximum Gasteiger partial charge on any atom is 0.241 e. The van der Waals surface area contributed by atoms with Gasteiger partial charge in [-0.3, -0.25) is 4.79 Å². The zero-order valence-electron chi connectivity index (χ0n) is 6.25. The Balaban J connectivity index is 2.29. The lowest BCUT2D eigenvalue weighted by Crippen LogP contribution is -2.37. The molecular weight excluding hydrogens is 144 g/mol. The third-order valence-electron chi connectivity index (χ3n) is 1.43. The highest BCUT2D eigenvalue weighted by Gasteiger charge is 2.08. The summed E-state index contributed by atoms with van der Waals surface area (Å²) in [5.41, 5.74) is 4.91. The van der Waals surface area contributed by atoms with Gasteiger partial charge in [0.05, 0.1) is 12.7 Å². The van der Waals surface area contributed by atoms with Gasteiger partial charge in [0.25, 0.3) is 0 Å². The van der Waals surface area contributed by atoms with Gasteiger partial charge in [-0.25, -0.2) is 0 Å². The van der Waals surface area contributed by atoms with Crippen molar-refractivity contribution in [2.45, 2.75) is 6.10 Å². The number of nitrogens with one attached hydrogen (secondary N) is 1. The Kier molecular flexibility index (Phi) is 3.07. The minimum atomic E-state index is -0.431. The van der Waals surface area contributed by atoms with Gasteiger partial charge in [0, 0.05) is 19.2 Å². The highest BCUT2D eigenvalue weighted by molar-refractivity contribution is 5.85. The van der Waals surface area contributed by atoms with Crippen LogP contribution in [0.15, 0.2) is 12.2 Å². The second-order valence-corrected chi connectivity index (χ2v) is 2.37. The van der Waals surface area contributed by atoms with Crippen LogP contribution in [0, 0.1) is 0 Å². The van der Waals surface area contributed by atoms with Gasteiger partial charge in [-0.05, 0) is 6.08 Å². The van der Waals surface area contributed by atoms with Crippen LogP contribution in [-0.4, -0.2) is 31.7 Å². The van der Waals surface area contributed by atoms with Gasteiger partial charge in [-0.2, -0.15) is 0 Å². The van der Waals surface area contributed by atoms with Crippen LogP contribution in [-0.2, 0) is 9.53 Å². The molecule has 1 aliphatic heterocycles. The summed E-state index contributed by atoms with van der Waals surface area (Å²) in [6, 6.07) is 0. The third kappa shape index (κ3) is 3.15. The van der Waals surface area contributed by atoms with Gasteiger partial charge in [-0.15, -0.1) is 0 Å². The molecule has 1 fully saturated rings. The van der Waals surface area contributed by atoms with Crippen LogP contribution in [0.2, 0.25) is 0 Å². The minimum Gasteiger partial charge on any atom is -0.371 e. The first-order valence-electron chi connectivity index (χ1n) is 3.59. The SMILES string of the molecule is NC(=O)C=CC1CNCCO1. The minimum absolute atomic E-state index is 0.00347. The van der Waals surface area contributed by atoms with E-state index >= 15 is 0 Å². The molecule has 0 spiro atoms. The summed E-state index contributed by atoms with van der Waals surface area (Å²) in [7, 11) is 0. The molecule has 0 radical (unpaired) electrons. The van der Waals surface area contributed by atoms with Crippen molar-refractivity contribution in [2.75, 3.05) is 19.7 Å². The molecule has 0 aromatic heterocycles. The number of rotatable bonds is 2. The fourth-order valence-corrected chi connectivity index (χ4v) is 0.911. The predicted molar refractivity (Wildman–Crippen MR) is 40.9 cm³/mol. The molecule has 4 nitrogen and oxygen atoms in total. The molecule has 0 aromatic carbocycles. The second-order valence-electron chi connectivity index (χ2n) is 2.37. The average Bonchev–Trinajstić information content (AvgIpc) is 2.03. The molecule has 1 saturated heterocycles. The van der Waals surface area contributed by atoms with E-state index in [-0.39, 0.29) is 6.10 Å². The molecule has 1 rings (SSSR count). The van der Waals surface area contributed by atoms with Crippen LogP contribution in [0.1, 0.15) is 0 Å². The van der Waals surface area contributed by atoms with E-state index in [9.17, 15) is 4.79 Å². The third-order valence-corrected chi connectivity index (χ3v) is 1.43. The van der Waals surface area contributed by atoms with E-state index in [2.05, 4.69) is 5.32 Å². The average molecular weight is 156 g/mol. The topological polar surface area (TPSA) is 64.4 Å². The lowest BCUT2D eigenvalue weighted by Gasteiger charge is -2.20. The van der Waals surface area contributed by atoms with Crippen molar-refractivity contribution in [1.82, 2.24) is 5.32 Å². The zero-order valence-corrected chi connectivity index (χ0v) is 6.25. The molecule has 1 amide bonds. The van der Waals surface area contributed by atoms with E-state index in [1.54, 1.807) is 6.08 Å². The molecule has 0 aliphatic carbocycles. The van der Waals surface area contributed by atoms with Gasteiger partial charge in [0.1, 0.15) is 0 Å². The van der Waals surface area contributed by atoms with E-state index in [0.717, 1.165) is 13.1 Å². The van der Waals surface area contributed by atoms with Crippen LogP contribution in [0.25, 0.3) is 0 Å². The summed E-state index contributed by atoms with van der Waals surface area (Å²) in [4.78, 5) is 10.3. The fourth-order valence-electron chi connectivity index (χ4n) is 0.911. The summed E-state index contributed by atoms with van der Waals surface area (Å²) >= 11 is 0. The summed E-state index contributed by atoms with van der Waals surface area (Å²) in [5, 5.41) is 3.13. The summed E-state index contributed by atoms with van der Waals surface area (Å²) in [6.45, 7) is 2.32. The number of ether oxygens (including phenoxy) is 1. The quantitative estimate of drug-likeness (QED) is 0.505. The van der Waals surface area contributed by atoms with E-state index in [1.807, 2.05) is 0 Å². The molecular formula is C7H12N2O2. The fraction of sp³-hybridized carbons (Fsp3) is 0.571. The van der Waals surface area contributed by atoms with Crippen molar-refractivity contribution < 1.29 is 9.53 Å². The highest BCUT2D eigenvalue weighted by Crippen LogP contribution is 1.96. The number of morpholine rings is 1. The zero-order chi connectivity index (χ0) is 8.10. The summed E-state index contributed by atoms with van der Waals surface area (Å²) < 4.78 is 5.27. The lowest BCUT2D eigenvalue weighted by atomic mass is 10.3. The Morgan fingerprint density at radius 1 is 1.73 bits per heavy atom. The van der Waals surface area contributed by atoms with Crippen molar-refractivity contribution in [3.8, 4) is 0 Å².